The van der Waals surface area contributed by atoms with Crippen molar-refractivity contribution in [3.8, 4) is 0 Å². The van der Waals surface area contributed by atoms with Crippen LogP contribution in [-0.4, -0.2) is 23.4 Å². The maximum atomic E-state index is 12.1. The molecule has 4 nitrogen and oxygen atoms in total. The minimum Gasteiger partial charge on any atom is -0.481 e. The summed E-state index contributed by atoms with van der Waals surface area (Å²) in [6, 6.07) is 13.4. The SMILES string of the molecule is O=C(O)CCC(=O)c1ccc2c(c1)CCN2Cc1ccccc1Cl. The molecule has 1 aliphatic heterocycles. The number of ketones is 1. The molecule has 1 heterocycles. The summed E-state index contributed by atoms with van der Waals surface area (Å²) in [5.74, 6) is -1.07. The molecule has 3 rings (SSSR count). The number of fused-ring (bicyclic) bond motifs is 1. The maximum Gasteiger partial charge on any atom is 0.303 e. The van der Waals surface area contributed by atoms with Crippen LogP contribution in [0.15, 0.2) is 42.5 Å². The Hall–Kier alpha value is -2.33. The van der Waals surface area contributed by atoms with E-state index >= 15 is 0 Å². The molecule has 0 radical (unpaired) electrons. The van der Waals surface area contributed by atoms with Gasteiger partial charge < -0.3 is 10.0 Å². The molecule has 0 saturated carbocycles. The number of rotatable bonds is 6. The van der Waals surface area contributed by atoms with Gasteiger partial charge in [-0.05, 0) is 41.8 Å². The van der Waals surface area contributed by atoms with Crippen LogP contribution >= 0.6 is 11.6 Å². The number of benzene rings is 2. The first kappa shape index (κ1) is 16.5. The van der Waals surface area contributed by atoms with Crippen LogP contribution in [0.25, 0.3) is 0 Å². The number of hydrogen-bond donors (Lipinski definition) is 1. The van der Waals surface area contributed by atoms with Gasteiger partial charge in [-0.2, -0.15) is 0 Å². The van der Waals surface area contributed by atoms with Crippen molar-refractivity contribution in [1.82, 2.24) is 0 Å². The first-order valence-electron chi connectivity index (χ1n) is 7.91. The minimum absolute atomic E-state index is 0.0391. The Morgan fingerprint density at radius 1 is 1.12 bits per heavy atom. The number of carboxylic acids is 1. The van der Waals surface area contributed by atoms with Crippen molar-refractivity contribution in [2.45, 2.75) is 25.8 Å². The first-order chi connectivity index (χ1) is 11.5. The molecular weight excluding hydrogens is 326 g/mol. The van der Waals surface area contributed by atoms with Gasteiger partial charge in [-0.25, -0.2) is 0 Å². The van der Waals surface area contributed by atoms with Crippen LogP contribution in [0.5, 0.6) is 0 Å². The molecular formula is C19H18ClNO3. The third kappa shape index (κ3) is 3.60. The van der Waals surface area contributed by atoms with E-state index in [0.29, 0.717) is 5.56 Å². The summed E-state index contributed by atoms with van der Waals surface area (Å²) < 4.78 is 0. The van der Waals surface area contributed by atoms with Gasteiger partial charge in [0.1, 0.15) is 0 Å². The van der Waals surface area contributed by atoms with Gasteiger partial charge in [-0.1, -0.05) is 29.8 Å². The molecule has 1 N–H and O–H groups in total. The molecule has 0 spiro atoms. The van der Waals surface area contributed by atoms with Crippen LogP contribution in [0, 0.1) is 0 Å². The standard InChI is InChI=1S/C19H18ClNO3/c20-16-4-2-1-3-15(16)12-21-10-9-13-11-14(5-6-17(13)21)18(22)7-8-19(23)24/h1-6,11H,7-10,12H2,(H,23,24). The molecule has 0 aromatic heterocycles. The van der Waals surface area contributed by atoms with E-state index in [1.807, 2.05) is 36.4 Å². The van der Waals surface area contributed by atoms with Crippen LogP contribution in [0.2, 0.25) is 5.02 Å². The van der Waals surface area contributed by atoms with E-state index < -0.39 is 5.97 Å². The summed E-state index contributed by atoms with van der Waals surface area (Å²) in [5, 5.41) is 9.45. The van der Waals surface area contributed by atoms with Gasteiger partial charge in [0.2, 0.25) is 0 Å². The number of anilines is 1. The highest BCUT2D eigenvalue weighted by Crippen LogP contribution is 2.31. The molecule has 0 unspecified atom stereocenters. The van der Waals surface area contributed by atoms with Gasteiger partial charge in [-0.3, -0.25) is 9.59 Å². The van der Waals surface area contributed by atoms with Crippen molar-refractivity contribution >= 4 is 29.0 Å². The van der Waals surface area contributed by atoms with Gasteiger partial charge in [-0.15, -0.1) is 0 Å². The average molecular weight is 344 g/mol. The van der Waals surface area contributed by atoms with E-state index in [1.54, 1.807) is 6.07 Å². The number of nitrogens with zero attached hydrogens (tertiary/aromatic N) is 1. The number of carbonyl (C=O) groups is 2. The Kier molecular flexibility index (Phi) is 4.86. The fraction of sp³-hybridized carbons (Fsp3) is 0.263. The number of carboxylic acid groups (broad SMARTS) is 1. The highest BCUT2D eigenvalue weighted by molar-refractivity contribution is 6.31. The maximum absolute atomic E-state index is 12.1. The monoisotopic (exact) mass is 343 g/mol. The number of Topliss-reactive ketones (excluding diaryl/α,β-unsaturated/α-hetero) is 1. The molecule has 0 aliphatic carbocycles. The van der Waals surface area contributed by atoms with E-state index in [4.69, 9.17) is 16.7 Å². The summed E-state index contributed by atoms with van der Waals surface area (Å²) in [6.07, 6.45) is 0.784. The molecule has 5 heteroatoms. The normalized spacial score (nSPS) is 13.0. The molecule has 0 bridgehead atoms. The molecule has 2 aromatic rings. The molecule has 0 fully saturated rings. The second kappa shape index (κ2) is 7.05. The number of aliphatic carboxylic acids is 1. The van der Waals surface area contributed by atoms with Gasteiger partial charge >= 0.3 is 5.97 Å². The number of hydrogen-bond acceptors (Lipinski definition) is 3. The predicted octanol–water partition coefficient (Wildman–Crippen LogP) is 3.95. The smallest absolute Gasteiger partial charge is 0.303 e. The lowest BCUT2D eigenvalue weighted by molar-refractivity contribution is -0.136. The molecule has 2 aromatic carbocycles. The molecule has 0 saturated heterocycles. The zero-order valence-corrected chi connectivity index (χ0v) is 13.9. The average Bonchev–Trinajstić information content (AvgIpc) is 2.97. The minimum atomic E-state index is -0.949. The molecule has 124 valence electrons. The summed E-state index contributed by atoms with van der Waals surface area (Å²) in [7, 11) is 0. The zero-order valence-electron chi connectivity index (χ0n) is 13.2. The van der Waals surface area contributed by atoms with Crippen molar-refractivity contribution < 1.29 is 14.7 Å². The van der Waals surface area contributed by atoms with E-state index in [2.05, 4.69) is 4.90 Å². The van der Waals surface area contributed by atoms with Crippen molar-refractivity contribution in [2.75, 3.05) is 11.4 Å². The lowest BCUT2D eigenvalue weighted by Gasteiger charge is -2.20. The Balaban J connectivity index is 1.74. The van der Waals surface area contributed by atoms with Gasteiger partial charge in [0.25, 0.3) is 0 Å². The van der Waals surface area contributed by atoms with Gasteiger partial charge in [0.15, 0.2) is 5.78 Å². The van der Waals surface area contributed by atoms with Gasteiger partial charge in [0, 0.05) is 35.8 Å². The summed E-state index contributed by atoms with van der Waals surface area (Å²) in [4.78, 5) is 24.9. The summed E-state index contributed by atoms with van der Waals surface area (Å²) >= 11 is 6.24. The van der Waals surface area contributed by atoms with Gasteiger partial charge in [0.05, 0.1) is 6.42 Å². The molecule has 24 heavy (non-hydrogen) atoms. The predicted molar refractivity (Wildman–Crippen MR) is 93.8 cm³/mol. The Morgan fingerprint density at radius 3 is 2.67 bits per heavy atom. The lowest BCUT2D eigenvalue weighted by atomic mass is 10.0. The van der Waals surface area contributed by atoms with Crippen molar-refractivity contribution in [2.24, 2.45) is 0 Å². The Labute approximate surface area is 145 Å². The van der Waals surface area contributed by atoms with E-state index in [-0.39, 0.29) is 18.6 Å². The topological polar surface area (TPSA) is 57.6 Å². The second-order valence-corrected chi connectivity index (χ2v) is 6.33. The third-order valence-electron chi connectivity index (χ3n) is 4.28. The molecule has 0 amide bonds. The highest BCUT2D eigenvalue weighted by Gasteiger charge is 2.21. The fourth-order valence-corrected chi connectivity index (χ4v) is 3.20. The van der Waals surface area contributed by atoms with E-state index in [0.717, 1.165) is 41.3 Å². The lowest BCUT2D eigenvalue weighted by Crippen LogP contribution is -2.19. The van der Waals surface area contributed by atoms with Crippen LogP contribution < -0.4 is 4.90 Å². The number of carbonyl (C=O) groups excluding carboxylic acids is 1. The largest absolute Gasteiger partial charge is 0.481 e. The summed E-state index contributed by atoms with van der Waals surface area (Å²) in [5.41, 5.74) is 3.91. The third-order valence-corrected chi connectivity index (χ3v) is 4.65. The molecule has 0 atom stereocenters. The van der Waals surface area contributed by atoms with Crippen LogP contribution in [-0.2, 0) is 17.8 Å². The Morgan fingerprint density at radius 2 is 1.92 bits per heavy atom. The van der Waals surface area contributed by atoms with Crippen LogP contribution in [0.1, 0.15) is 34.3 Å². The van der Waals surface area contributed by atoms with Crippen molar-refractivity contribution in [1.29, 1.82) is 0 Å². The quantitative estimate of drug-likeness (QED) is 0.807. The van der Waals surface area contributed by atoms with Crippen molar-refractivity contribution in [3.05, 3.63) is 64.2 Å². The molecule has 1 aliphatic rings. The zero-order chi connectivity index (χ0) is 17.1. The van der Waals surface area contributed by atoms with E-state index in [9.17, 15) is 9.59 Å². The number of halogens is 1. The van der Waals surface area contributed by atoms with Crippen LogP contribution in [0.3, 0.4) is 0 Å². The Bertz CT molecular complexity index is 788. The van der Waals surface area contributed by atoms with Crippen LogP contribution in [0.4, 0.5) is 5.69 Å². The van der Waals surface area contributed by atoms with Crippen molar-refractivity contribution in [3.63, 3.8) is 0 Å². The summed E-state index contributed by atoms with van der Waals surface area (Å²) in [6.45, 7) is 1.62. The second-order valence-electron chi connectivity index (χ2n) is 5.92. The first-order valence-corrected chi connectivity index (χ1v) is 8.28. The fourth-order valence-electron chi connectivity index (χ4n) is 3.00. The van der Waals surface area contributed by atoms with E-state index in [1.165, 1.54) is 0 Å². The highest BCUT2D eigenvalue weighted by atomic mass is 35.5.